The van der Waals surface area contributed by atoms with Gasteiger partial charge in [0, 0.05) is 11.6 Å². The maximum Gasteiger partial charge on any atom is 0.264 e. The van der Waals surface area contributed by atoms with Crippen LogP contribution < -0.4 is 0 Å². The highest BCUT2D eigenvalue weighted by molar-refractivity contribution is 6.30. The number of nitrogens with zero attached hydrogens (tertiary/aromatic N) is 6. The van der Waals surface area contributed by atoms with Crippen molar-refractivity contribution >= 4 is 28.3 Å². The number of pyridine rings is 1. The van der Waals surface area contributed by atoms with Gasteiger partial charge < -0.3 is 14.1 Å². The van der Waals surface area contributed by atoms with Crippen molar-refractivity contribution in [3.05, 3.63) is 64.8 Å². The largest absolute Gasteiger partial charge is 0.422 e. The fraction of sp³-hybridized carbons (Fsp3) is 0.158. The highest BCUT2D eigenvalue weighted by Gasteiger charge is 2.18. The van der Waals surface area contributed by atoms with Gasteiger partial charge in [0.05, 0.1) is 17.6 Å². The molecule has 4 aromatic heterocycles. The molecule has 1 aromatic carbocycles. The zero-order chi connectivity index (χ0) is 19.3. The van der Waals surface area contributed by atoms with Crippen molar-refractivity contribution in [3.63, 3.8) is 0 Å². The second kappa shape index (κ2) is 6.43. The number of aliphatic hydroxyl groups is 1. The first-order chi connectivity index (χ1) is 13.6. The first kappa shape index (κ1) is 16.9. The molecule has 140 valence electrons. The van der Waals surface area contributed by atoms with Gasteiger partial charge in [0.25, 0.3) is 5.89 Å². The molecule has 0 amide bonds. The van der Waals surface area contributed by atoms with Crippen LogP contribution in [0.1, 0.15) is 17.0 Å². The monoisotopic (exact) mass is 394 g/mol. The smallest absolute Gasteiger partial charge is 0.264 e. The zero-order valence-electron chi connectivity index (χ0n) is 14.9. The van der Waals surface area contributed by atoms with Crippen LogP contribution in [0.3, 0.4) is 0 Å². The fourth-order valence-electron chi connectivity index (χ4n) is 3.56. The van der Waals surface area contributed by atoms with E-state index in [0.29, 0.717) is 17.5 Å². The summed E-state index contributed by atoms with van der Waals surface area (Å²) in [5, 5.41) is 26.3. The third-order valence-electron chi connectivity index (χ3n) is 4.72. The molecule has 9 heteroatoms. The Morgan fingerprint density at radius 3 is 2.68 bits per heavy atom. The lowest BCUT2D eigenvalue weighted by atomic mass is 10.1. The third-order valence-corrected chi connectivity index (χ3v) is 4.94. The predicted octanol–water partition coefficient (Wildman–Crippen LogP) is 3.24. The molecule has 0 aliphatic rings. The topological polar surface area (TPSA) is 94.3 Å². The second-order valence-electron chi connectivity index (χ2n) is 6.53. The van der Waals surface area contributed by atoms with Crippen molar-refractivity contribution in [1.29, 1.82) is 0 Å². The summed E-state index contributed by atoms with van der Waals surface area (Å²) in [6, 6.07) is 11.5. The number of aliphatic hydroxyl groups excluding tert-OH is 1. The van der Waals surface area contributed by atoms with Gasteiger partial charge >= 0.3 is 0 Å². The van der Waals surface area contributed by atoms with Gasteiger partial charge in [-0.1, -0.05) is 17.7 Å². The van der Waals surface area contributed by atoms with Crippen LogP contribution in [0.4, 0.5) is 0 Å². The van der Waals surface area contributed by atoms with E-state index < -0.39 is 0 Å². The lowest BCUT2D eigenvalue weighted by Crippen LogP contribution is -2.03. The number of benzene rings is 1. The van der Waals surface area contributed by atoms with E-state index >= 15 is 0 Å². The Morgan fingerprint density at radius 1 is 1.04 bits per heavy atom. The van der Waals surface area contributed by atoms with Crippen molar-refractivity contribution in [2.45, 2.75) is 20.1 Å². The van der Waals surface area contributed by atoms with E-state index in [1.807, 2.05) is 41.7 Å². The van der Waals surface area contributed by atoms with Gasteiger partial charge in [-0.2, -0.15) is 0 Å². The van der Waals surface area contributed by atoms with Crippen molar-refractivity contribution in [2.24, 2.45) is 0 Å². The molecule has 0 saturated heterocycles. The lowest BCUT2D eigenvalue weighted by Gasteiger charge is -2.11. The lowest BCUT2D eigenvalue weighted by molar-refractivity contribution is 0.281. The third kappa shape index (κ3) is 2.65. The van der Waals surface area contributed by atoms with Crippen LogP contribution in [0.5, 0.6) is 0 Å². The average Bonchev–Trinajstić information content (AvgIpc) is 3.40. The Hall–Kier alpha value is -3.23. The van der Waals surface area contributed by atoms with Crippen molar-refractivity contribution in [3.8, 4) is 11.6 Å². The SMILES string of the molecule is Cc1nnc2ccc3c(cc(-c4nnco4)n3Cc3cc(Cl)cc(CO)c3)n12. The van der Waals surface area contributed by atoms with Gasteiger partial charge in [-0.25, -0.2) is 0 Å². The highest BCUT2D eigenvalue weighted by atomic mass is 35.5. The summed E-state index contributed by atoms with van der Waals surface area (Å²) in [4.78, 5) is 0. The van der Waals surface area contributed by atoms with Crippen molar-refractivity contribution < 1.29 is 9.52 Å². The molecule has 0 aliphatic heterocycles. The summed E-state index contributed by atoms with van der Waals surface area (Å²) in [5.74, 6) is 1.21. The number of aryl methyl sites for hydroxylation is 1. The molecule has 1 N–H and O–H groups in total. The van der Waals surface area contributed by atoms with Crippen LogP contribution in [0, 0.1) is 6.92 Å². The number of hydrogen-bond acceptors (Lipinski definition) is 6. The normalized spacial score (nSPS) is 11.7. The highest BCUT2D eigenvalue weighted by Crippen LogP contribution is 2.30. The van der Waals surface area contributed by atoms with Gasteiger partial charge in [0.1, 0.15) is 11.5 Å². The van der Waals surface area contributed by atoms with E-state index in [9.17, 15) is 5.11 Å². The van der Waals surface area contributed by atoms with Gasteiger partial charge in [0.2, 0.25) is 6.39 Å². The quantitative estimate of drug-likeness (QED) is 0.503. The summed E-state index contributed by atoms with van der Waals surface area (Å²) < 4.78 is 9.54. The molecule has 0 unspecified atom stereocenters. The molecule has 0 atom stereocenters. The van der Waals surface area contributed by atoms with Crippen LogP contribution >= 0.6 is 11.6 Å². The Bertz CT molecular complexity index is 1310. The van der Waals surface area contributed by atoms with Gasteiger partial charge in [-0.05, 0) is 48.4 Å². The summed E-state index contributed by atoms with van der Waals surface area (Å²) in [7, 11) is 0. The van der Waals surface area contributed by atoms with Crippen LogP contribution in [0.25, 0.3) is 28.3 Å². The molecule has 4 heterocycles. The molecule has 5 rings (SSSR count). The molecule has 0 bridgehead atoms. The van der Waals surface area contributed by atoms with Crippen LogP contribution in [0.15, 0.2) is 47.2 Å². The van der Waals surface area contributed by atoms with E-state index in [1.54, 1.807) is 6.07 Å². The van der Waals surface area contributed by atoms with Gasteiger partial charge in [0.15, 0.2) is 5.65 Å². The van der Waals surface area contributed by atoms with Gasteiger partial charge in [-0.3, -0.25) is 4.40 Å². The first-order valence-corrected chi connectivity index (χ1v) is 9.01. The fourth-order valence-corrected chi connectivity index (χ4v) is 3.84. The van der Waals surface area contributed by atoms with E-state index in [1.165, 1.54) is 6.39 Å². The van der Waals surface area contributed by atoms with E-state index in [2.05, 4.69) is 25.0 Å². The van der Waals surface area contributed by atoms with Crippen LogP contribution in [-0.2, 0) is 13.2 Å². The number of hydrogen-bond donors (Lipinski definition) is 1. The number of fused-ring (bicyclic) bond motifs is 3. The summed E-state index contributed by atoms with van der Waals surface area (Å²) in [5.41, 5.74) is 5.17. The van der Waals surface area contributed by atoms with Crippen LogP contribution in [0.2, 0.25) is 5.02 Å². The number of rotatable bonds is 4. The standard InChI is InChI=1S/C19H15ClN6O2/c1-11-22-23-18-3-2-15-16(26(11)18)7-17(19-24-21-10-28-19)25(15)8-12-4-13(9-27)6-14(20)5-12/h2-7,10,27H,8-9H2,1H3. The maximum atomic E-state index is 9.50. The maximum absolute atomic E-state index is 9.50. The van der Waals surface area contributed by atoms with Crippen molar-refractivity contribution in [1.82, 2.24) is 29.4 Å². The second-order valence-corrected chi connectivity index (χ2v) is 6.97. The van der Waals surface area contributed by atoms with Gasteiger partial charge in [-0.15, -0.1) is 20.4 Å². The molecule has 28 heavy (non-hydrogen) atoms. The Kier molecular flexibility index (Phi) is 3.88. The predicted molar refractivity (Wildman–Crippen MR) is 103 cm³/mol. The van der Waals surface area contributed by atoms with Crippen LogP contribution in [-0.4, -0.2) is 34.5 Å². The minimum absolute atomic E-state index is 0.0724. The van der Waals surface area contributed by atoms with E-state index in [4.69, 9.17) is 16.0 Å². The Labute approximate surface area is 164 Å². The van der Waals surface area contributed by atoms with E-state index in [-0.39, 0.29) is 6.61 Å². The first-order valence-electron chi connectivity index (χ1n) is 8.64. The Morgan fingerprint density at radius 2 is 1.89 bits per heavy atom. The summed E-state index contributed by atoms with van der Waals surface area (Å²) in [6.07, 6.45) is 1.31. The molecular formula is C19H15ClN6O2. The number of aromatic nitrogens is 6. The molecule has 0 saturated carbocycles. The van der Waals surface area contributed by atoms with E-state index in [0.717, 1.165) is 39.3 Å². The zero-order valence-corrected chi connectivity index (χ0v) is 15.6. The minimum atomic E-state index is -0.0724. The minimum Gasteiger partial charge on any atom is -0.422 e. The average molecular weight is 395 g/mol. The molecule has 8 nitrogen and oxygen atoms in total. The van der Waals surface area contributed by atoms with Crippen molar-refractivity contribution in [2.75, 3.05) is 0 Å². The molecular weight excluding hydrogens is 380 g/mol. The molecule has 0 radical (unpaired) electrons. The molecule has 0 aliphatic carbocycles. The molecule has 0 fully saturated rings. The summed E-state index contributed by atoms with van der Waals surface area (Å²) >= 11 is 6.23. The molecule has 5 aromatic rings. The summed E-state index contributed by atoms with van der Waals surface area (Å²) in [6.45, 7) is 2.35. The number of halogens is 1. The Balaban J connectivity index is 1.76. The molecule has 0 spiro atoms.